The van der Waals surface area contributed by atoms with Crippen molar-refractivity contribution in [3.8, 4) is 0 Å². The Morgan fingerprint density at radius 3 is 3.00 bits per heavy atom. The normalized spacial score (nSPS) is 28.0. The average molecular weight is 178 g/mol. The van der Waals surface area contributed by atoms with Gasteiger partial charge in [-0.2, -0.15) is 0 Å². The molecule has 1 aliphatic rings. The molecule has 0 aromatic carbocycles. The van der Waals surface area contributed by atoms with E-state index in [-0.39, 0.29) is 11.2 Å². The van der Waals surface area contributed by atoms with Gasteiger partial charge >= 0.3 is 0 Å². The van der Waals surface area contributed by atoms with Gasteiger partial charge in [0.1, 0.15) is 0 Å². The monoisotopic (exact) mass is 178 g/mol. The van der Waals surface area contributed by atoms with Crippen molar-refractivity contribution in [1.82, 2.24) is 0 Å². The van der Waals surface area contributed by atoms with Gasteiger partial charge in [-0.1, -0.05) is 25.2 Å². The van der Waals surface area contributed by atoms with Crippen molar-refractivity contribution in [2.75, 3.05) is 0 Å². The Labute approximate surface area is 80.5 Å². The van der Waals surface area contributed by atoms with Gasteiger partial charge in [-0.15, -0.1) is 0 Å². The lowest BCUT2D eigenvalue weighted by Gasteiger charge is -2.29. The molecule has 0 N–H and O–H groups in total. The third-order valence-corrected chi connectivity index (χ3v) is 2.72. The van der Waals surface area contributed by atoms with Crippen LogP contribution in [0, 0.1) is 5.41 Å². The maximum Gasteiger partial charge on any atom is 0.155 e. The summed E-state index contributed by atoms with van der Waals surface area (Å²) in [6, 6.07) is 0. The first-order valence-corrected chi connectivity index (χ1v) is 4.89. The summed E-state index contributed by atoms with van der Waals surface area (Å²) < 4.78 is 0. The first kappa shape index (κ1) is 10.2. The van der Waals surface area contributed by atoms with E-state index in [0.29, 0.717) is 6.42 Å². The Kier molecular flexibility index (Phi) is 3.07. The molecular weight excluding hydrogens is 160 g/mol. The number of rotatable bonds is 3. The predicted octanol–water partition coefficient (Wildman–Crippen LogP) is 3.27. The molecule has 0 radical (unpaired) electrons. The maximum absolute atomic E-state index is 11.2. The highest BCUT2D eigenvalue weighted by atomic mass is 16.1. The molecule has 0 saturated heterocycles. The fourth-order valence-electron chi connectivity index (χ4n) is 2.12. The molecule has 1 nitrogen and oxygen atoms in total. The van der Waals surface area contributed by atoms with Gasteiger partial charge in [0.05, 0.1) is 0 Å². The minimum atomic E-state index is 0.0909. The first-order valence-electron chi connectivity index (χ1n) is 4.89. The Morgan fingerprint density at radius 1 is 1.77 bits per heavy atom. The van der Waals surface area contributed by atoms with Crippen molar-refractivity contribution >= 4 is 5.78 Å². The van der Waals surface area contributed by atoms with Crippen LogP contribution in [0.2, 0.25) is 0 Å². The lowest BCUT2D eigenvalue weighted by Crippen LogP contribution is -2.20. The molecular formula is C12H18O. The van der Waals surface area contributed by atoms with Gasteiger partial charge in [0.15, 0.2) is 5.78 Å². The zero-order valence-corrected chi connectivity index (χ0v) is 8.60. The van der Waals surface area contributed by atoms with Crippen LogP contribution in [0.5, 0.6) is 0 Å². The largest absolute Gasteiger partial charge is 0.295 e. The molecule has 0 spiro atoms. The summed E-state index contributed by atoms with van der Waals surface area (Å²) in [6.07, 6.45) is 7.85. The lowest BCUT2D eigenvalue weighted by atomic mass is 9.75. The molecule has 1 rings (SSSR count). The average Bonchev–Trinajstić information content (AvgIpc) is 2.02. The van der Waals surface area contributed by atoms with Crippen LogP contribution in [0.4, 0.5) is 0 Å². The third-order valence-electron chi connectivity index (χ3n) is 2.72. The number of allylic oxidation sites excluding steroid dienone is 3. The SMILES string of the molecule is C=CC(=O)CC1(C)C=C(C)CCC1. The van der Waals surface area contributed by atoms with Crippen molar-refractivity contribution in [2.45, 2.75) is 39.5 Å². The van der Waals surface area contributed by atoms with E-state index in [2.05, 4.69) is 26.5 Å². The number of carbonyl (C=O) groups is 1. The molecule has 1 unspecified atom stereocenters. The second-order valence-corrected chi connectivity index (χ2v) is 4.35. The zero-order valence-electron chi connectivity index (χ0n) is 8.60. The summed E-state index contributed by atoms with van der Waals surface area (Å²) in [5.74, 6) is 0.161. The van der Waals surface area contributed by atoms with E-state index >= 15 is 0 Å². The van der Waals surface area contributed by atoms with Gasteiger partial charge in [0, 0.05) is 6.42 Å². The molecule has 0 saturated carbocycles. The maximum atomic E-state index is 11.2. The van der Waals surface area contributed by atoms with Gasteiger partial charge in [-0.25, -0.2) is 0 Å². The van der Waals surface area contributed by atoms with E-state index in [9.17, 15) is 4.79 Å². The van der Waals surface area contributed by atoms with Crippen LogP contribution >= 0.6 is 0 Å². The summed E-state index contributed by atoms with van der Waals surface area (Å²) in [5, 5.41) is 0. The zero-order chi connectivity index (χ0) is 9.90. The van der Waals surface area contributed by atoms with Crippen LogP contribution < -0.4 is 0 Å². The van der Waals surface area contributed by atoms with Crippen LogP contribution in [0.1, 0.15) is 39.5 Å². The van der Waals surface area contributed by atoms with Gasteiger partial charge in [-0.3, -0.25) is 4.79 Å². The number of hydrogen-bond acceptors (Lipinski definition) is 1. The molecule has 0 aromatic heterocycles. The molecule has 0 aromatic rings. The molecule has 0 aliphatic heterocycles. The van der Waals surface area contributed by atoms with E-state index in [1.807, 2.05) is 0 Å². The summed E-state index contributed by atoms with van der Waals surface area (Å²) in [5.41, 5.74) is 1.51. The Bertz CT molecular complexity index is 250. The van der Waals surface area contributed by atoms with Gasteiger partial charge in [0.2, 0.25) is 0 Å². The van der Waals surface area contributed by atoms with Crippen LogP contribution in [-0.4, -0.2) is 5.78 Å². The highest BCUT2D eigenvalue weighted by Crippen LogP contribution is 2.36. The molecule has 1 heteroatoms. The lowest BCUT2D eigenvalue weighted by molar-refractivity contribution is -0.116. The van der Waals surface area contributed by atoms with E-state index in [1.165, 1.54) is 24.5 Å². The van der Waals surface area contributed by atoms with E-state index < -0.39 is 0 Å². The minimum Gasteiger partial charge on any atom is -0.295 e. The van der Waals surface area contributed by atoms with Crippen molar-refractivity contribution in [1.29, 1.82) is 0 Å². The first-order chi connectivity index (χ1) is 6.06. The highest BCUT2D eigenvalue weighted by Gasteiger charge is 2.26. The van der Waals surface area contributed by atoms with Crippen molar-refractivity contribution in [2.24, 2.45) is 5.41 Å². The van der Waals surface area contributed by atoms with Gasteiger partial charge in [0.25, 0.3) is 0 Å². The fourth-order valence-corrected chi connectivity index (χ4v) is 2.12. The van der Waals surface area contributed by atoms with Crippen molar-refractivity contribution < 1.29 is 4.79 Å². The smallest absolute Gasteiger partial charge is 0.155 e. The topological polar surface area (TPSA) is 17.1 Å². The van der Waals surface area contributed by atoms with Gasteiger partial charge < -0.3 is 0 Å². The Hall–Kier alpha value is -0.850. The number of hydrogen-bond donors (Lipinski definition) is 0. The van der Waals surface area contributed by atoms with Crippen LogP contribution in [0.15, 0.2) is 24.3 Å². The molecule has 1 aliphatic carbocycles. The van der Waals surface area contributed by atoms with Crippen molar-refractivity contribution in [3.05, 3.63) is 24.3 Å². The molecule has 0 fully saturated rings. The summed E-state index contributed by atoms with van der Waals surface area (Å²) >= 11 is 0. The Balaban J connectivity index is 2.69. The summed E-state index contributed by atoms with van der Waals surface area (Å²) in [7, 11) is 0. The minimum absolute atomic E-state index is 0.0909. The molecule has 0 bridgehead atoms. The van der Waals surface area contributed by atoms with Crippen LogP contribution in [0.3, 0.4) is 0 Å². The summed E-state index contributed by atoms with van der Waals surface area (Å²) in [6.45, 7) is 7.82. The quantitative estimate of drug-likeness (QED) is 0.479. The van der Waals surface area contributed by atoms with E-state index in [1.54, 1.807) is 0 Å². The second kappa shape index (κ2) is 3.91. The molecule has 72 valence electrons. The highest BCUT2D eigenvalue weighted by molar-refractivity contribution is 5.89. The fraction of sp³-hybridized carbons (Fsp3) is 0.583. The van der Waals surface area contributed by atoms with E-state index in [0.717, 1.165) is 6.42 Å². The third kappa shape index (κ3) is 2.83. The predicted molar refractivity (Wildman–Crippen MR) is 55.5 cm³/mol. The van der Waals surface area contributed by atoms with E-state index in [4.69, 9.17) is 0 Å². The number of ketones is 1. The van der Waals surface area contributed by atoms with Crippen LogP contribution in [-0.2, 0) is 4.79 Å². The molecule has 0 amide bonds. The molecule has 1 atom stereocenters. The summed E-state index contributed by atoms with van der Waals surface area (Å²) in [4.78, 5) is 11.2. The van der Waals surface area contributed by atoms with Crippen LogP contribution in [0.25, 0.3) is 0 Å². The molecule has 0 heterocycles. The Morgan fingerprint density at radius 2 is 2.46 bits per heavy atom. The second-order valence-electron chi connectivity index (χ2n) is 4.35. The standard InChI is InChI=1S/C12H18O/c1-4-11(13)9-12(3)7-5-6-10(2)8-12/h4,8H,1,5-7,9H2,2-3H3. The van der Waals surface area contributed by atoms with Gasteiger partial charge in [-0.05, 0) is 37.7 Å². The molecule has 13 heavy (non-hydrogen) atoms. The van der Waals surface area contributed by atoms with Crippen molar-refractivity contribution in [3.63, 3.8) is 0 Å². The number of carbonyl (C=O) groups excluding carboxylic acids is 1.